The molecule has 0 radical (unpaired) electrons. The van der Waals surface area contributed by atoms with E-state index in [-0.39, 0.29) is 0 Å². The van der Waals surface area contributed by atoms with Crippen molar-refractivity contribution in [1.82, 2.24) is 4.90 Å². The highest BCUT2D eigenvalue weighted by molar-refractivity contribution is 6.30. The molecule has 1 nitrogen and oxygen atoms in total. The molecule has 0 N–H and O–H groups in total. The van der Waals surface area contributed by atoms with E-state index in [2.05, 4.69) is 37.6 Å². The molecule has 19 heavy (non-hydrogen) atoms. The summed E-state index contributed by atoms with van der Waals surface area (Å²) in [6.07, 6.45) is 3.92. The van der Waals surface area contributed by atoms with Gasteiger partial charge in [0.15, 0.2) is 0 Å². The summed E-state index contributed by atoms with van der Waals surface area (Å²) in [6, 6.07) is 9.87. The Balaban J connectivity index is 1.95. The van der Waals surface area contributed by atoms with E-state index >= 15 is 0 Å². The van der Waals surface area contributed by atoms with Gasteiger partial charge >= 0.3 is 0 Å². The number of piperidine rings is 1. The van der Waals surface area contributed by atoms with Crippen LogP contribution in [0.3, 0.4) is 0 Å². The average Bonchev–Trinajstić information content (AvgIpc) is 2.63. The van der Waals surface area contributed by atoms with Crippen molar-refractivity contribution in [2.75, 3.05) is 7.05 Å². The van der Waals surface area contributed by atoms with Gasteiger partial charge < -0.3 is 0 Å². The highest BCUT2D eigenvalue weighted by atomic mass is 35.5. The number of hydrogen-bond donors (Lipinski definition) is 0. The van der Waals surface area contributed by atoms with Gasteiger partial charge in [-0.2, -0.15) is 0 Å². The van der Waals surface area contributed by atoms with Crippen LogP contribution < -0.4 is 0 Å². The van der Waals surface area contributed by atoms with Crippen LogP contribution in [0.4, 0.5) is 0 Å². The zero-order valence-corrected chi connectivity index (χ0v) is 12.5. The number of hydrogen-bond acceptors (Lipinski definition) is 1. The van der Waals surface area contributed by atoms with Crippen LogP contribution >= 0.6 is 11.6 Å². The Hall–Kier alpha value is -0.790. The van der Waals surface area contributed by atoms with Gasteiger partial charge in [-0.25, -0.2) is 0 Å². The van der Waals surface area contributed by atoms with Gasteiger partial charge in [0.25, 0.3) is 0 Å². The fourth-order valence-electron chi connectivity index (χ4n) is 4.19. The largest absolute Gasteiger partial charge is 0.300 e. The Morgan fingerprint density at radius 2 is 1.95 bits per heavy atom. The maximum atomic E-state index is 6.02. The fourth-order valence-corrected chi connectivity index (χ4v) is 4.32. The molecule has 2 heteroatoms. The van der Waals surface area contributed by atoms with Gasteiger partial charge in [0.1, 0.15) is 0 Å². The second-order valence-corrected chi connectivity index (χ2v) is 6.67. The summed E-state index contributed by atoms with van der Waals surface area (Å²) >= 11 is 6.02. The van der Waals surface area contributed by atoms with Crippen LogP contribution in [-0.4, -0.2) is 24.0 Å². The topological polar surface area (TPSA) is 3.24 Å². The molecule has 1 aromatic rings. The molecule has 0 spiro atoms. The Kier molecular flexibility index (Phi) is 3.44. The van der Waals surface area contributed by atoms with Gasteiger partial charge in [-0.05, 0) is 56.8 Å². The van der Waals surface area contributed by atoms with Crippen LogP contribution in [0.25, 0.3) is 0 Å². The van der Waals surface area contributed by atoms with Crippen LogP contribution in [0.15, 0.2) is 36.4 Å². The first-order valence-corrected chi connectivity index (χ1v) is 7.58. The van der Waals surface area contributed by atoms with Crippen molar-refractivity contribution in [2.45, 2.75) is 44.2 Å². The van der Waals surface area contributed by atoms with Gasteiger partial charge in [0.05, 0.1) is 0 Å². The lowest BCUT2D eigenvalue weighted by molar-refractivity contribution is 0.118. The van der Waals surface area contributed by atoms with Crippen molar-refractivity contribution in [1.29, 1.82) is 0 Å². The summed E-state index contributed by atoms with van der Waals surface area (Å²) in [4.78, 5) is 2.59. The first-order valence-electron chi connectivity index (χ1n) is 7.20. The first kappa shape index (κ1) is 13.2. The minimum atomic E-state index is 0.588. The quantitative estimate of drug-likeness (QED) is 0.719. The predicted molar refractivity (Wildman–Crippen MR) is 81.7 cm³/mol. The van der Waals surface area contributed by atoms with E-state index in [9.17, 15) is 0 Å². The Morgan fingerprint density at radius 1 is 1.26 bits per heavy atom. The summed E-state index contributed by atoms with van der Waals surface area (Å²) in [7, 11) is 2.29. The molecule has 0 saturated carbocycles. The van der Waals surface area contributed by atoms with Crippen LogP contribution in [-0.2, 0) is 0 Å². The van der Waals surface area contributed by atoms with Gasteiger partial charge in [-0.1, -0.05) is 35.9 Å². The molecule has 2 aliphatic heterocycles. The molecular formula is C17H22ClN. The van der Waals surface area contributed by atoms with Crippen molar-refractivity contribution in [3.05, 3.63) is 47.0 Å². The smallest absolute Gasteiger partial charge is 0.0406 e. The van der Waals surface area contributed by atoms with Crippen molar-refractivity contribution < 1.29 is 0 Å². The van der Waals surface area contributed by atoms with Crippen molar-refractivity contribution in [3.63, 3.8) is 0 Å². The van der Waals surface area contributed by atoms with Crippen LogP contribution in [0.2, 0.25) is 5.02 Å². The molecule has 3 unspecified atom stereocenters. The minimum Gasteiger partial charge on any atom is -0.300 e. The molecular weight excluding hydrogens is 254 g/mol. The highest BCUT2D eigenvalue weighted by Crippen LogP contribution is 2.48. The third-order valence-electron chi connectivity index (χ3n) is 5.14. The lowest BCUT2D eigenvalue weighted by Crippen LogP contribution is -2.46. The molecule has 1 aromatic carbocycles. The molecule has 4 atom stereocenters. The van der Waals surface area contributed by atoms with E-state index in [0.29, 0.717) is 17.9 Å². The Morgan fingerprint density at radius 3 is 2.58 bits per heavy atom. The molecule has 0 amide bonds. The summed E-state index contributed by atoms with van der Waals surface area (Å²) in [5, 5.41) is 0.825. The number of rotatable bonds is 2. The molecule has 2 bridgehead atoms. The van der Waals surface area contributed by atoms with E-state index in [1.807, 2.05) is 12.1 Å². The van der Waals surface area contributed by atoms with Gasteiger partial charge in [0.2, 0.25) is 0 Å². The monoisotopic (exact) mass is 275 g/mol. The summed E-state index contributed by atoms with van der Waals surface area (Å²) in [5.74, 6) is 1.20. The third-order valence-corrected chi connectivity index (χ3v) is 5.39. The lowest BCUT2D eigenvalue weighted by atomic mass is 9.73. The highest BCUT2D eigenvalue weighted by Gasteiger charge is 2.45. The van der Waals surface area contributed by atoms with Crippen LogP contribution in [0.1, 0.15) is 37.7 Å². The van der Waals surface area contributed by atoms with Gasteiger partial charge in [-0.3, -0.25) is 4.90 Å². The second-order valence-electron chi connectivity index (χ2n) is 6.23. The minimum absolute atomic E-state index is 0.588. The van der Waals surface area contributed by atoms with Crippen molar-refractivity contribution in [2.24, 2.45) is 5.92 Å². The van der Waals surface area contributed by atoms with E-state index in [0.717, 1.165) is 11.1 Å². The molecule has 0 aromatic heterocycles. The van der Waals surface area contributed by atoms with Gasteiger partial charge in [-0.15, -0.1) is 0 Å². The first-order chi connectivity index (χ1) is 9.08. The SMILES string of the molecule is C=C(C)C1C2CCC(C[C@@H]1c1ccc(Cl)cc1)N2C. The van der Waals surface area contributed by atoms with E-state index in [4.69, 9.17) is 11.6 Å². The number of nitrogens with zero attached hydrogens (tertiary/aromatic N) is 1. The molecule has 2 heterocycles. The second kappa shape index (κ2) is 4.96. The zero-order chi connectivity index (χ0) is 13.6. The van der Waals surface area contributed by atoms with Crippen LogP contribution in [0, 0.1) is 5.92 Å². The van der Waals surface area contributed by atoms with Gasteiger partial charge in [0, 0.05) is 23.0 Å². The molecule has 2 fully saturated rings. The fraction of sp³-hybridized carbons (Fsp3) is 0.529. The predicted octanol–water partition coefficient (Wildman–Crippen LogP) is 4.48. The van der Waals surface area contributed by atoms with Crippen molar-refractivity contribution >= 4 is 11.6 Å². The maximum Gasteiger partial charge on any atom is 0.0406 e. The standard InChI is InChI=1S/C17H22ClN/c1-11(2)17-15(12-4-6-13(18)7-5-12)10-14-8-9-16(17)19(14)3/h4-7,14-17H,1,8-10H2,2-3H3/t14?,15-,16?,17?/m1/s1. The third kappa shape index (κ3) is 2.23. The Bertz CT molecular complexity index is 479. The summed E-state index contributed by atoms with van der Waals surface area (Å²) in [5.41, 5.74) is 2.76. The van der Waals surface area contributed by atoms with E-state index in [1.165, 1.54) is 30.4 Å². The molecule has 2 saturated heterocycles. The number of halogens is 1. The van der Waals surface area contributed by atoms with E-state index < -0.39 is 0 Å². The number of benzene rings is 1. The summed E-state index contributed by atoms with van der Waals surface area (Å²) < 4.78 is 0. The molecule has 3 rings (SSSR count). The molecule has 102 valence electrons. The molecule has 0 aliphatic carbocycles. The normalized spacial score (nSPS) is 34.5. The maximum absolute atomic E-state index is 6.02. The lowest BCUT2D eigenvalue weighted by Gasteiger charge is -2.43. The molecule has 2 aliphatic rings. The van der Waals surface area contributed by atoms with E-state index in [1.54, 1.807) is 0 Å². The number of fused-ring (bicyclic) bond motifs is 2. The summed E-state index contributed by atoms with van der Waals surface area (Å²) in [6.45, 7) is 6.47. The van der Waals surface area contributed by atoms with Crippen molar-refractivity contribution in [3.8, 4) is 0 Å². The Labute approximate surface area is 121 Å². The van der Waals surface area contributed by atoms with Crippen LogP contribution in [0.5, 0.6) is 0 Å². The zero-order valence-electron chi connectivity index (χ0n) is 11.8. The average molecular weight is 276 g/mol.